The highest BCUT2D eigenvalue weighted by atomic mass is 16.6. The summed E-state index contributed by atoms with van der Waals surface area (Å²) in [5, 5.41) is 23.4. The van der Waals surface area contributed by atoms with Crippen LogP contribution in [0.4, 0.5) is 4.79 Å². The molecule has 46 heavy (non-hydrogen) atoms. The Balaban J connectivity index is 1.93. The number of aliphatic hydroxyl groups is 1. The third kappa shape index (κ3) is 13.0. The maximum Gasteiger partial charge on any atom is 0.407 e. The van der Waals surface area contributed by atoms with Crippen molar-refractivity contribution in [2.24, 2.45) is 5.92 Å². The summed E-state index contributed by atoms with van der Waals surface area (Å²) >= 11 is 0. The van der Waals surface area contributed by atoms with Gasteiger partial charge in [0, 0.05) is 13.1 Å². The van der Waals surface area contributed by atoms with E-state index in [1.54, 1.807) is 20.8 Å². The lowest BCUT2D eigenvalue weighted by molar-refractivity contribution is -0.133. The number of benzene rings is 2. The van der Waals surface area contributed by atoms with Crippen molar-refractivity contribution in [2.45, 2.75) is 77.4 Å². The molecule has 0 fully saturated rings. The molecule has 12 heteroatoms. The van der Waals surface area contributed by atoms with Gasteiger partial charge < -0.3 is 40.0 Å². The SMILES string of the molecule is CC(C)[C@@H]1NC(=O)[C@@H]([C@H](O)[C@H](Cc2ccccc2)NC(=O)OC(C)(C)C)NCc2cccc(c2)OCCOCCOCCNC1=O. The largest absolute Gasteiger partial charge is 0.491 e. The number of alkyl carbamates (subject to hydrolysis) is 1. The van der Waals surface area contributed by atoms with Crippen molar-refractivity contribution in [3.8, 4) is 5.75 Å². The summed E-state index contributed by atoms with van der Waals surface area (Å²) in [5.41, 5.74) is 0.858. The number of ether oxygens (including phenoxy) is 4. The Morgan fingerprint density at radius 2 is 1.65 bits per heavy atom. The topological polar surface area (TPSA) is 156 Å². The van der Waals surface area contributed by atoms with Crippen LogP contribution in [-0.4, -0.2) is 92.4 Å². The molecule has 0 radical (unpaired) electrons. The smallest absolute Gasteiger partial charge is 0.407 e. The molecular weight excluding hydrogens is 592 g/mol. The normalized spacial score (nSPS) is 20.8. The average Bonchev–Trinajstić information content (AvgIpc) is 2.99. The van der Waals surface area contributed by atoms with Gasteiger partial charge in [0.1, 0.15) is 30.0 Å². The van der Waals surface area contributed by atoms with Crippen molar-refractivity contribution in [2.75, 3.05) is 39.6 Å². The van der Waals surface area contributed by atoms with E-state index in [1.807, 2.05) is 68.4 Å². The Morgan fingerprint density at radius 3 is 2.35 bits per heavy atom. The molecule has 2 bridgehead atoms. The van der Waals surface area contributed by atoms with E-state index in [1.165, 1.54) is 0 Å². The monoisotopic (exact) mass is 642 g/mol. The van der Waals surface area contributed by atoms with Crippen molar-refractivity contribution in [1.82, 2.24) is 21.3 Å². The number of hydrogen-bond acceptors (Lipinski definition) is 9. The third-order valence-electron chi connectivity index (χ3n) is 7.12. The highest BCUT2D eigenvalue weighted by molar-refractivity contribution is 5.90. The lowest BCUT2D eigenvalue weighted by Crippen LogP contribution is -2.62. The van der Waals surface area contributed by atoms with Gasteiger partial charge in [0.05, 0.1) is 38.6 Å². The quantitative estimate of drug-likeness (QED) is 0.319. The van der Waals surface area contributed by atoms with Crippen LogP contribution in [0.25, 0.3) is 0 Å². The molecule has 4 atom stereocenters. The van der Waals surface area contributed by atoms with Gasteiger partial charge in [-0.1, -0.05) is 56.3 Å². The zero-order chi connectivity index (χ0) is 33.5. The van der Waals surface area contributed by atoms with Crippen molar-refractivity contribution < 1.29 is 38.4 Å². The maximum absolute atomic E-state index is 14.0. The van der Waals surface area contributed by atoms with Crippen LogP contribution in [0.5, 0.6) is 5.75 Å². The number of amides is 3. The van der Waals surface area contributed by atoms with Gasteiger partial charge in [0.15, 0.2) is 0 Å². The van der Waals surface area contributed by atoms with Crippen LogP contribution in [0.15, 0.2) is 54.6 Å². The van der Waals surface area contributed by atoms with E-state index < -0.39 is 41.8 Å². The molecule has 3 amide bonds. The molecule has 0 aliphatic carbocycles. The van der Waals surface area contributed by atoms with E-state index >= 15 is 0 Å². The van der Waals surface area contributed by atoms with Gasteiger partial charge in [-0.15, -0.1) is 0 Å². The molecule has 0 spiro atoms. The number of carbonyl (C=O) groups excluding carboxylic acids is 3. The maximum atomic E-state index is 14.0. The summed E-state index contributed by atoms with van der Waals surface area (Å²) in [6.45, 7) is 11.1. The molecule has 0 saturated carbocycles. The van der Waals surface area contributed by atoms with E-state index in [4.69, 9.17) is 18.9 Å². The molecular formula is C34H50N4O8. The fourth-order valence-electron chi connectivity index (χ4n) is 4.83. The van der Waals surface area contributed by atoms with Gasteiger partial charge >= 0.3 is 6.09 Å². The van der Waals surface area contributed by atoms with Crippen LogP contribution in [0.2, 0.25) is 0 Å². The van der Waals surface area contributed by atoms with Gasteiger partial charge in [0.25, 0.3) is 0 Å². The lowest BCUT2D eigenvalue weighted by atomic mass is 9.94. The summed E-state index contributed by atoms with van der Waals surface area (Å²) in [4.78, 5) is 40.0. The second-order valence-electron chi connectivity index (χ2n) is 12.5. The Kier molecular flexibility index (Phi) is 14.7. The minimum atomic E-state index is -1.42. The van der Waals surface area contributed by atoms with Crippen molar-refractivity contribution in [3.63, 3.8) is 0 Å². The summed E-state index contributed by atoms with van der Waals surface area (Å²) < 4.78 is 22.4. The van der Waals surface area contributed by atoms with Gasteiger partial charge in [-0.25, -0.2) is 4.79 Å². The van der Waals surface area contributed by atoms with Crippen LogP contribution in [0.3, 0.4) is 0 Å². The van der Waals surface area contributed by atoms with Crippen molar-refractivity contribution in [3.05, 3.63) is 65.7 Å². The molecule has 2 aromatic carbocycles. The van der Waals surface area contributed by atoms with Crippen LogP contribution >= 0.6 is 0 Å². The first kappa shape index (κ1) is 36.8. The molecule has 254 valence electrons. The Labute approximate surface area is 271 Å². The first-order chi connectivity index (χ1) is 21.9. The summed E-state index contributed by atoms with van der Waals surface area (Å²) in [6, 6.07) is 13.6. The van der Waals surface area contributed by atoms with Gasteiger partial charge in [-0.3, -0.25) is 14.9 Å². The number of aliphatic hydroxyl groups excluding tert-OH is 1. The first-order valence-electron chi connectivity index (χ1n) is 15.8. The van der Waals surface area contributed by atoms with E-state index in [-0.39, 0.29) is 37.9 Å². The molecule has 0 unspecified atom stereocenters. The van der Waals surface area contributed by atoms with Crippen LogP contribution in [0, 0.1) is 5.92 Å². The number of fused-ring (bicyclic) bond motifs is 2. The number of rotatable bonds is 6. The summed E-state index contributed by atoms with van der Waals surface area (Å²) in [7, 11) is 0. The fourth-order valence-corrected chi connectivity index (χ4v) is 4.83. The third-order valence-corrected chi connectivity index (χ3v) is 7.12. The Bertz CT molecular complexity index is 1240. The number of hydrogen-bond donors (Lipinski definition) is 5. The molecule has 3 rings (SSSR count). The summed E-state index contributed by atoms with van der Waals surface area (Å²) in [6.07, 6.45) is -1.94. The van der Waals surface area contributed by atoms with Crippen LogP contribution in [-0.2, 0) is 36.8 Å². The Morgan fingerprint density at radius 1 is 0.957 bits per heavy atom. The van der Waals surface area contributed by atoms with Crippen molar-refractivity contribution >= 4 is 17.9 Å². The molecule has 1 aliphatic rings. The predicted molar refractivity (Wildman–Crippen MR) is 173 cm³/mol. The molecule has 0 aromatic heterocycles. The van der Waals surface area contributed by atoms with E-state index in [0.717, 1.165) is 11.1 Å². The van der Waals surface area contributed by atoms with E-state index in [2.05, 4.69) is 21.3 Å². The second kappa shape index (κ2) is 18.4. The van der Waals surface area contributed by atoms with E-state index in [0.29, 0.717) is 32.2 Å². The van der Waals surface area contributed by atoms with Crippen molar-refractivity contribution in [1.29, 1.82) is 0 Å². The first-order valence-corrected chi connectivity index (χ1v) is 15.8. The van der Waals surface area contributed by atoms with Crippen LogP contribution < -0.4 is 26.0 Å². The zero-order valence-corrected chi connectivity index (χ0v) is 27.5. The zero-order valence-electron chi connectivity index (χ0n) is 27.5. The minimum Gasteiger partial charge on any atom is -0.491 e. The minimum absolute atomic E-state index is 0.184. The highest BCUT2D eigenvalue weighted by Gasteiger charge is 2.37. The van der Waals surface area contributed by atoms with Gasteiger partial charge in [-0.05, 0) is 56.4 Å². The molecule has 1 aliphatic heterocycles. The lowest BCUT2D eigenvalue weighted by Gasteiger charge is -2.33. The number of carbonyl (C=O) groups is 3. The molecule has 2 aromatic rings. The predicted octanol–water partition coefficient (Wildman–Crippen LogP) is 2.32. The van der Waals surface area contributed by atoms with Crippen LogP contribution in [0.1, 0.15) is 45.7 Å². The fraction of sp³-hybridized carbons (Fsp3) is 0.559. The highest BCUT2D eigenvalue weighted by Crippen LogP contribution is 2.16. The second-order valence-corrected chi connectivity index (χ2v) is 12.5. The standard InChI is InChI=1S/C34H50N4O8/c1-23(2)28-31(40)35-14-15-43-16-17-44-18-19-45-26-13-9-12-25(20-26)22-36-29(32(41)38-28)30(39)27(21-24-10-7-6-8-11-24)37-33(42)46-34(3,4)5/h6-13,20,23,27-30,36,39H,14-19,21-22H2,1-5H3,(H,35,40)(H,37,42)(H,38,41)/t27-,28-,29+,30+/m0/s1. The van der Waals surface area contributed by atoms with E-state index in [9.17, 15) is 19.5 Å². The Hall–Kier alpha value is -3.71. The molecule has 0 saturated heterocycles. The van der Waals surface area contributed by atoms with Gasteiger partial charge in [0.2, 0.25) is 11.8 Å². The molecule has 1 heterocycles. The average molecular weight is 643 g/mol. The molecule has 12 nitrogen and oxygen atoms in total. The van der Waals surface area contributed by atoms with Gasteiger partial charge in [-0.2, -0.15) is 0 Å². The summed E-state index contributed by atoms with van der Waals surface area (Å²) in [5.74, 6) is -0.605. The number of nitrogens with one attached hydrogen (secondary N) is 4. The molecule has 5 N–H and O–H groups in total.